The fourth-order valence-electron chi connectivity index (χ4n) is 2.32. The number of rotatable bonds is 7. The van der Waals surface area contributed by atoms with Gasteiger partial charge in [0.25, 0.3) is 0 Å². The van der Waals surface area contributed by atoms with Crippen LogP contribution in [-0.4, -0.2) is 18.6 Å². The molecule has 0 amide bonds. The van der Waals surface area contributed by atoms with Crippen molar-refractivity contribution in [2.24, 2.45) is 0 Å². The van der Waals surface area contributed by atoms with Gasteiger partial charge in [0.15, 0.2) is 11.6 Å². The first-order valence-electron chi connectivity index (χ1n) is 7.21. The molecular weight excluding hydrogens is 267 g/mol. The lowest BCUT2D eigenvalue weighted by Crippen LogP contribution is -2.25. The van der Waals surface area contributed by atoms with Crippen LogP contribution in [0.2, 0.25) is 0 Å². The number of hydrogen-bond acceptors (Lipinski definition) is 3. The maximum absolute atomic E-state index is 14.5. The summed E-state index contributed by atoms with van der Waals surface area (Å²) in [5.74, 6) is -0.0144. The van der Waals surface area contributed by atoms with E-state index in [4.69, 9.17) is 4.74 Å². The molecule has 0 aliphatic rings. The second-order valence-corrected chi connectivity index (χ2v) is 4.94. The maximum Gasteiger partial charge on any atom is 0.169 e. The minimum Gasteiger partial charge on any atom is -0.494 e. The molecule has 0 fully saturated rings. The van der Waals surface area contributed by atoms with Crippen LogP contribution in [0.25, 0.3) is 0 Å². The number of halogens is 1. The standard InChI is InChI=1S/C17H21FN2O/c1-3-9-20-15(11-13-6-5-10-19-12-13)14-7-4-8-16(21-2)17(14)18/h4-8,10,12,15,20H,3,9,11H2,1-2H3. The van der Waals surface area contributed by atoms with E-state index in [2.05, 4.69) is 17.2 Å². The molecule has 0 saturated carbocycles. The van der Waals surface area contributed by atoms with Crippen molar-refractivity contribution in [2.45, 2.75) is 25.8 Å². The van der Waals surface area contributed by atoms with Gasteiger partial charge < -0.3 is 10.1 Å². The first-order valence-corrected chi connectivity index (χ1v) is 7.21. The molecule has 2 rings (SSSR count). The highest BCUT2D eigenvalue weighted by Gasteiger charge is 2.18. The minimum absolute atomic E-state index is 0.0933. The lowest BCUT2D eigenvalue weighted by molar-refractivity contribution is 0.379. The number of benzene rings is 1. The van der Waals surface area contributed by atoms with Gasteiger partial charge in [-0.2, -0.15) is 0 Å². The summed E-state index contributed by atoms with van der Waals surface area (Å²) >= 11 is 0. The molecule has 1 unspecified atom stereocenters. The number of methoxy groups -OCH3 is 1. The van der Waals surface area contributed by atoms with Crippen molar-refractivity contribution in [3.8, 4) is 5.75 Å². The average Bonchev–Trinajstić information content (AvgIpc) is 2.53. The van der Waals surface area contributed by atoms with Gasteiger partial charge in [-0.3, -0.25) is 4.98 Å². The van der Waals surface area contributed by atoms with Crippen LogP contribution in [0.15, 0.2) is 42.7 Å². The first-order chi connectivity index (χ1) is 10.3. The number of ether oxygens (including phenoxy) is 1. The van der Waals surface area contributed by atoms with Gasteiger partial charge in [0.05, 0.1) is 7.11 Å². The van der Waals surface area contributed by atoms with Crippen molar-refractivity contribution in [1.29, 1.82) is 0 Å². The molecule has 112 valence electrons. The number of nitrogens with one attached hydrogen (secondary N) is 1. The Labute approximate surface area is 125 Å². The van der Waals surface area contributed by atoms with Crippen LogP contribution in [0, 0.1) is 5.82 Å². The summed E-state index contributed by atoms with van der Waals surface area (Å²) in [5, 5.41) is 3.40. The number of nitrogens with zero attached hydrogens (tertiary/aromatic N) is 1. The molecule has 1 N–H and O–H groups in total. The van der Waals surface area contributed by atoms with Crippen molar-refractivity contribution in [3.05, 3.63) is 59.7 Å². The molecule has 0 aliphatic heterocycles. The lowest BCUT2D eigenvalue weighted by Gasteiger charge is -2.20. The van der Waals surface area contributed by atoms with E-state index in [1.54, 1.807) is 12.3 Å². The van der Waals surface area contributed by atoms with E-state index in [-0.39, 0.29) is 17.6 Å². The van der Waals surface area contributed by atoms with Crippen LogP contribution in [-0.2, 0) is 6.42 Å². The predicted octanol–water partition coefficient (Wildman–Crippen LogP) is 3.51. The van der Waals surface area contributed by atoms with Crippen LogP contribution >= 0.6 is 0 Å². The third-order valence-electron chi connectivity index (χ3n) is 3.39. The molecule has 0 radical (unpaired) electrons. The monoisotopic (exact) mass is 288 g/mol. The van der Waals surface area contributed by atoms with E-state index >= 15 is 0 Å². The van der Waals surface area contributed by atoms with Gasteiger partial charge in [0.2, 0.25) is 0 Å². The summed E-state index contributed by atoms with van der Waals surface area (Å²) < 4.78 is 19.5. The Morgan fingerprint density at radius 2 is 2.14 bits per heavy atom. The minimum atomic E-state index is -0.294. The van der Waals surface area contributed by atoms with E-state index in [9.17, 15) is 4.39 Å². The van der Waals surface area contributed by atoms with Crippen LogP contribution in [0.3, 0.4) is 0 Å². The zero-order valence-electron chi connectivity index (χ0n) is 12.5. The van der Waals surface area contributed by atoms with Crippen LogP contribution < -0.4 is 10.1 Å². The van der Waals surface area contributed by atoms with E-state index in [0.717, 1.165) is 18.5 Å². The SMILES string of the molecule is CCCNC(Cc1cccnc1)c1cccc(OC)c1F. The van der Waals surface area contributed by atoms with E-state index in [1.165, 1.54) is 7.11 Å². The summed E-state index contributed by atoms with van der Waals surface area (Å²) in [7, 11) is 1.48. The maximum atomic E-state index is 14.5. The molecule has 0 saturated heterocycles. The smallest absolute Gasteiger partial charge is 0.169 e. The third-order valence-corrected chi connectivity index (χ3v) is 3.39. The van der Waals surface area contributed by atoms with Crippen molar-refractivity contribution < 1.29 is 9.13 Å². The zero-order valence-corrected chi connectivity index (χ0v) is 12.5. The molecule has 21 heavy (non-hydrogen) atoms. The average molecular weight is 288 g/mol. The third kappa shape index (κ3) is 4.02. The van der Waals surface area contributed by atoms with Gasteiger partial charge in [-0.15, -0.1) is 0 Å². The zero-order chi connectivity index (χ0) is 15.1. The van der Waals surface area contributed by atoms with Gasteiger partial charge in [-0.25, -0.2) is 4.39 Å². The van der Waals surface area contributed by atoms with E-state index < -0.39 is 0 Å². The fraction of sp³-hybridized carbons (Fsp3) is 0.353. The molecule has 0 spiro atoms. The summed E-state index contributed by atoms with van der Waals surface area (Å²) in [6.45, 7) is 2.93. The van der Waals surface area contributed by atoms with Crippen molar-refractivity contribution in [3.63, 3.8) is 0 Å². The summed E-state index contributed by atoms with van der Waals surface area (Å²) in [6.07, 6.45) is 5.25. The van der Waals surface area contributed by atoms with Crippen LogP contribution in [0.5, 0.6) is 5.75 Å². The normalized spacial score (nSPS) is 12.1. The van der Waals surface area contributed by atoms with Crippen molar-refractivity contribution in [1.82, 2.24) is 10.3 Å². The van der Waals surface area contributed by atoms with Crippen molar-refractivity contribution in [2.75, 3.05) is 13.7 Å². The molecule has 1 aromatic heterocycles. The topological polar surface area (TPSA) is 34.2 Å². The van der Waals surface area contributed by atoms with Gasteiger partial charge in [-0.1, -0.05) is 25.1 Å². The lowest BCUT2D eigenvalue weighted by atomic mass is 9.98. The molecule has 0 bridgehead atoms. The van der Waals surface area contributed by atoms with Gasteiger partial charge in [0, 0.05) is 24.0 Å². The number of pyridine rings is 1. The summed E-state index contributed by atoms with van der Waals surface area (Å²) in [6, 6.07) is 9.08. The molecular formula is C17H21FN2O. The Balaban J connectivity index is 2.27. The van der Waals surface area contributed by atoms with Crippen LogP contribution in [0.1, 0.15) is 30.5 Å². The summed E-state index contributed by atoms with van der Waals surface area (Å²) in [4.78, 5) is 4.12. The Hall–Kier alpha value is -1.94. The molecule has 0 aliphatic carbocycles. The second-order valence-electron chi connectivity index (χ2n) is 4.94. The number of aromatic nitrogens is 1. The second kappa shape index (κ2) is 7.74. The first kappa shape index (κ1) is 15.4. The molecule has 3 nitrogen and oxygen atoms in total. The van der Waals surface area contributed by atoms with Crippen LogP contribution in [0.4, 0.5) is 4.39 Å². The van der Waals surface area contributed by atoms with Gasteiger partial charge in [-0.05, 0) is 37.1 Å². The van der Waals surface area contributed by atoms with Crippen molar-refractivity contribution >= 4 is 0 Å². The summed E-state index contributed by atoms with van der Waals surface area (Å²) in [5.41, 5.74) is 1.71. The van der Waals surface area contributed by atoms with E-state index in [1.807, 2.05) is 30.5 Å². The number of hydrogen-bond donors (Lipinski definition) is 1. The molecule has 2 aromatic rings. The Morgan fingerprint density at radius 1 is 1.29 bits per heavy atom. The fourth-order valence-corrected chi connectivity index (χ4v) is 2.32. The Morgan fingerprint density at radius 3 is 2.81 bits per heavy atom. The quantitative estimate of drug-likeness (QED) is 0.846. The van der Waals surface area contributed by atoms with Gasteiger partial charge in [0.1, 0.15) is 0 Å². The highest BCUT2D eigenvalue weighted by atomic mass is 19.1. The van der Waals surface area contributed by atoms with E-state index in [0.29, 0.717) is 12.0 Å². The largest absolute Gasteiger partial charge is 0.494 e. The predicted molar refractivity (Wildman–Crippen MR) is 81.9 cm³/mol. The highest BCUT2D eigenvalue weighted by Crippen LogP contribution is 2.27. The Bertz CT molecular complexity index is 560. The highest BCUT2D eigenvalue weighted by molar-refractivity contribution is 5.34. The molecule has 1 heterocycles. The van der Waals surface area contributed by atoms with Gasteiger partial charge >= 0.3 is 0 Å². The molecule has 1 aromatic carbocycles. The molecule has 4 heteroatoms. The molecule has 1 atom stereocenters. The Kier molecular flexibility index (Phi) is 5.69.